The Morgan fingerprint density at radius 2 is 2.26 bits per heavy atom. The van der Waals surface area contributed by atoms with Gasteiger partial charge in [0.15, 0.2) is 0 Å². The molecule has 1 amide bonds. The van der Waals surface area contributed by atoms with Crippen molar-refractivity contribution in [3.8, 4) is 0 Å². The van der Waals surface area contributed by atoms with E-state index in [0.717, 1.165) is 5.56 Å². The molecule has 1 aliphatic heterocycles. The Bertz CT molecular complexity index is 448. The Hall–Kier alpha value is -2.08. The molecule has 0 spiro atoms. The summed E-state index contributed by atoms with van der Waals surface area (Å²) in [5, 5.41) is 17.7. The van der Waals surface area contributed by atoms with Gasteiger partial charge in [-0.15, -0.1) is 0 Å². The van der Waals surface area contributed by atoms with Crippen molar-refractivity contribution in [3.63, 3.8) is 0 Å². The fourth-order valence-electron chi connectivity index (χ4n) is 1.92. The second kappa shape index (κ2) is 6.75. The fraction of sp³-hybridized carbons (Fsp3) is 0.385. The summed E-state index contributed by atoms with van der Waals surface area (Å²) in [5.41, 5.74) is 1.60. The average Bonchev–Trinajstić information content (AvgIpc) is 2.91. The molecule has 6 heteroatoms. The smallest absolute Gasteiger partial charge is 0.407 e. The Labute approximate surface area is 111 Å². The Morgan fingerprint density at radius 1 is 1.47 bits per heavy atom. The van der Waals surface area contributed by atoms with Gasteiger partial charge in [-0.1, -0.05) is 35.5 Å². The van der Waals surface area contributed by atoms with E-state index in [1.165, 1.54) is 0 Å². The van der Waals surface area contributed by atoms with Crippen LogP contribution in [-0.2, 0) is 11.3 Å². The molecular formula is C13H17N3O3. The molecule has 2 rings (SSSR count). The van der Waals surface area contributed by atoms with Crippen LogP contribution in [0.15, 0.2) is 35.5 Å². The van der Waals surface area contributed by atoms with Gasteiger partial charge in [0.1, 0.15) is 6.61 Å². The third-order valence-electron chi connectivity index (χ3n) is 3.00. The van der Waals surface area contributed by atoms with Crippen molar-refractivity contribution in [2.45, 2.75) is 6.61 Å². The number of benzene rings is 1. The number of carbonyl (C=O) groups is 1. The van der Waals surface area contributed by atoms with Gasteiger partial charge in [0.25, 0.3) is 0 Å². The van der Waals surface area contributed by atoms with E-state index in [2.05, 4.69) is 15.8 Å². The van der Waals surface area contributed by atoms with Crippen molar-refractivity contribution in [3.05, 3.63) is 35.9 Å². The van der Waals surface area contributed by atoms with Crippen molar-refractivity contribution in [1.29, 1.82) is 0 Å². The third-order valence-corrected chi connectivity index (χ3v) is 3.00. The number of hydrogen-bond acceptors (Lipinski definition) is 5. The molecule has 3 N–H and O–H groups in total. The lowest BCUT2D eigenvalue weighted by atomic mass is 10.1. The zero-order valence-electron chi connectivity index (χ0n) is 10.5. The van der Waals surface area contributed by atoms with Gasteiger partial charge in [-0.3, -0.25) is 0 Å². The van der Waals surface area contributed by atoms with Crippen LogP contribution in [0, 0.1) is 5.92 Å². The van der Waals surface area contributed by atoms with Gasteiger partial charge < -0.3 is 20.6 Å². The van der Waals surface area contributed by atoms with Crippen LogP contribution in [0.25, 0.3) is 0 Å². The molecule has 19 heavy (non-hydrogen) atoms. The first-order valence-corrected chi connectivity index (χ1v) is 6.15. The molecule has 0 bridgehead atoms. The van der Waals surface area contributed by atoms with Crippen LogP contribution in [0.1, 0.15) is 5.56 Å². The molecule has 0 radical (unpaired) electrons. The highest BCUT2D eigenvalue weighted by molar-refractivity contribution is 5.90. The number of amides is 1. The predicted octanol–water partition coefficient (Wildman–Crippen LogP) is 0.962. The lowest BCUT2D eigenvalue weighted by molar-refractivity contribution is 0.139. The molecule has 1 aromatic carbocycles. The first-order valence-electron chi connectivity index (χ1n) is 6.15. The largest absolute Gasteiger partial charge is 0.445 e. The minimum Gasteiger partial charge on any atom is -0.445 e. The highest BCUT2D eigenvalue weighted by Crippen LogP contribution is 2.04. The van der Waals surface area contributed by atoms with Crippen LogP contribution in [0.4, 0.5) is 4.79 Å². The number of hydrogen-bond donors (Lipinski definition) is 3. The maximum absolute atomic E-state index is 11.5. The number of nitrogens with zero attached hydrogens (tertiary/aromatic N) is 1. The molecule has 6 nitrogen and oxygen atoms in total. The van der Waals surface area contributed by atoms with Gasteiger partial charge in [-0.2, -0.15) is 0 Å². The minimum atomic E-state index is -0.465. The molecule has 1 aliphatic rings. The van der Waals surface area contributed by atoms with E-state index < -0.39 is 6.09 Å². The first kappa shape index (κ1) is 13.4. The van der Waals surface area contributed by atoms with E-state index in [0.29, 0.717) is 25.3 Å². The summed E-state index contributed by atoms with van der Waals surface area (Å²) in [5.74, 6) is 0.0225. The lowest BCUT2D eigenvalue weighted by Gasteiger charge is -2.11. The molecule has 102 valence electrons. The molecule has 0 aliphatic carbocycles. The summed E-state index contributed by atoms with van der Waals surface area (Å²) < 4.78 is 5.08. The molecule has 0 aromatic heterocycles. The summed E-state index contributed by atoms with van der Waals surface area (Å²) in [7, 11) is 0. The Kier molecular flexibility index (Phi) is 4.74. The zero-order valence-corrected chi connectivity index (χ0v) is 10.5. The van der Waals surface area contributed by atoms with Crippen LogP contribution < -0.4 is 10.6 Å². The lowest BCUT2D eigenvalue weighted by Crippen LogP contribution is -2.33. The van der Waals surface area contributed by atoms with E-state index in [1.54, 1.807) is 0 Å². The highest BCUT2D eigenvalue weighted by Gasteiger charge is 2.23. The van der Waals surface area contributed by atoms with E-state index in [4.69, 9.17) is 9.94 Å². The number of rotatable bonds is 4. The van der Waals surface area contributed by atoms with Gasteiger partial charge in [0, 0.05) is 25.6 Å². The minimum absolute atomic E-state index is 0.0225. The van der Waals surface area contributed by atoms with Crippen LogP contribution in [0.3, 0.4) is 0 Å². The van der Waals surface area contributed by atoms with E-state index in [9.17, 15) is 4.79 Å². The number of ether oxygens (including phenoxy) is 1. The van der Waals surface area contributed by atoms with Crippen LogP contribution in [-0.4, -0.2) is 36.6 Å². The van der Waals surface area contributed by atoms with Gasteiger partial charge >= 0.3 is 6.09 Å². The average molecular weight is 263 g/mol. The monoisotopic (exact) mass is 263 g/mol. The molecule has 0 unspecified atom stereocenters. The molecule has 1 aromatic rings. The maximum Gasteiger partial charge on any atom is 0.407 e. The summed E-state index contributed by atoms with van der Waals surface area (Å²) in [6, 6.07) is 9.48. The summed E-state index contributed by atoms with van der Waals surface area (Å²) in [4.78, 5) is 11.5. The molecule has 1 saturated heterocycles. The molecule has 1 atom stereocenters. The van der Waals surface area contributed by atoms with Crippen LogP contribution in [0.2, 0.25) is 0 Å². The SMILES string of the molecule is O=C(NC[C@@H]1CNC/C1=N/O)OCc1ccccc1. The topological polar surface area (TPSA) is 83.0 Å². The Balaban J connectivity index is 1.70. The van der Waals surface area contributed by atoms with E-state index in [1.807, 2.05) is 30.3 Å². The number of nitrogens with one attached hydrogen (secondary N) is 2. The van der Waals surface area contributed by atoms with E-state index in [-0.39, 0.29) is 12.5 Å². The quantitative estimate of drug-likeness (QED) is 0.558. The maximum atomic E-state index is 11.5. The van der Waals surface area contributed by atoms with Crippen molar-refractivity contribution in [1.82, 2.24) is 10.6 Å². The van der Waals surface area contributed by atoms with Gasteiger partial charge in [0.2, 0.25) is 0 Å². The number of alkyl carbamates (subject to hydrolysis) is 1. The van der Waals surface area contributed by atoms with Crippen molar-refractivity contribution in [2.75, 3.05) is 19.6 Å². The summed E-state index contributed by atoms with van der Waals surface area (Å²) in [6.45, 7) is 1.90. The normalized spacial score (nSPS) is 20.4. The zero-order chi connectivity index (χ0) is 13.5. The van der Waals surface area contributed by atoms with Crippen molar-refractivity contribution < 1.29 is 14.7 Å². The third kappa shape index (κ3) is 3.96. The molecular weight excluding hydrogens is 246 g/mol. The van der Waals surface area contributed by atoms with Crippen LogP contribution >= 0.6 is 0 Å². The number of oxime groups is 1. The van der Waals surface area contributed by atoms with Gasteiger partial charge in [0.05, 0.1) is 5.71 Å². The van der Waals surface area contributed by atoms with E-state index >= 15 is 0 Å². The Morgan fingerprint density at radius 3 is 3.00 bits per heavy atom. The van der Waals surface area contributed by atoms with Gasteiger partial charge in [-0.05, 0) is 5.56 Å². The molecule has 0 saturated carbocycles. The van der Waals surface area contributed by atoms with Crippen molar-refractivity contribution in [2.24, 2.45) is 11.1 Å². The van der Waals surface area contributed by atoms with Gasteiger partial charge in [-0.25, -0.2) is 4.79 Å². The fourth-order valence-corrected chi connectivity index (χ4v) is 1.92. The summed E-state index contributed by atoms with van der Waals surface area (Å²) in [6.07, 6.45) is -0.465. The first-order chi connectivity index (χ1) is 9.29. The highest BCUT2D eigenvalue weighted by atomic mass is 16.5. The predicted molar refractivity (Wildman–Crippen MR) is 70.2 cm³/mol. The van der Waals surface area contributed by atoms with Crippen LogP contribution in [0.5, 0.6) is 0 Å². The second-order valence-corrected chi connectivity index (χ2v) is 4.36. The summed E-state index contributed by atoms with van der Waals surface area (Å²) >= 11 is 0. The molecule has 1 fully saturated rings. The second-order valence-electron chi connectivity index (χ2n) is 4.36. The number of carbonyl (C=O) groups excluding carboxylic acids is 1. The standard InChI is InChI=1S/C13H17N3O3/c17-13(19-9-10-4-2-1-3-5-10)15-7-11-6-14-8-12(11)16-18/h1-5,11,14,18H,6-9H2,(H,15,17)/b16-12-/t11-/m0/s1. The molecule has 1 heterocycles. The van der Waals surface area contributed by atoms with Crippen molar-refractivity contribution >= 4 is 11.8 Å².